The van der Waals surface area contributed by atoms with Gasteiger partial charge in [-0.2, -0.15) is 0 Å². The third-order valence-corrected chi connectivity index (χ3v) is 6.06. The molecule has 0 spiro atoms. The molecule has 0 aliphatic carbocycles. The number of esters is 1. The highest BCUT2D eigenvalue weighted by Crippen LogP contribution is 2.53. The Morgan fingerprint density at radius 1 is 0.969 bits per heavy atom. The predicted molar refractivity (Wildman–Crippen MR) is 122 cm³/mol. The molecule has 2 aromatic rings. The second kappa shape index (κ2) is 8.24. The summed E-state index contributed by atoms with van der Waals surface area (Å²) in [7, 11) is 0. The van der Waals surface area contributed by atoms with Crippen molar-refractivity contribution < 1.29 is 23.7 Å². The van der Waals surface area contributed by atoms with Gasteiger partial charge in [0, 0.05) is 11.6 Å². The number of carbonyl (C=O) groups is 1. The van der Waals surface area contributed by atoms with Crippen molar-refractivity contribution in [2.75, 3.05) is 19.8 Å². The van der Waals surface area contributed by atoms with E-state index in [0.717, 1.165) is 5.56 Å². The summed E-state index contributed by atoms with van der Waals surface area (Å²) >= 11 is 0. The number of hydrogen-bond acceptors (Lipinski definition) is 6. The predicted octanol–water partition coefficient (Wildman–Crippen LogP) is 4.89. The second-order valence-electron chi connectivity index (χ2n) is 9.30. The van der Waals surface area contributed by atoms with Crippen LogP contribution in [0.1, 0.15) is 52.2 Å². The third-order valence-electron chi connectivity index (χ3n) is 6.06. The molecule has 0 unspecified atom stereocenters. The highest BCUT2D eigenvalue weighted by Gasteiger charge is 2.64. The van der Waals surface area contributed by atoms with Gasteiger partial charge in [0.1, 0.15) is 17.1 Å². The van der Waals surface area contributed by atoms with Gasteiger partial charge in [-0.25, -0.2) is 9.79 Å². The van der Waals surface area contributed by atoms with Crippen LogP contribution in [0.3, 0.4) is 0 Å². The molecule has 6 nitrogen and oxygen atoms in total. The van der Waals surface area contributed by atoms with Gasteiger partial charge in [0.05, 0.1) is 19.8 Å². The van der Waals surface area contributed by atoms with Crippen LogP contribution in [0, 0.1) is 5.41 Å². The third kappa shape index (κ3) is 3.77. The Balaban J connectivity index is 1.87. The van der Waals surface area contributed by atoms with Crippen LogP contribution in [-0.2, 0) is 19.8 Å². The van der Waals surface area contributed by atoms with Crippen molar-refractivity contribution in [2.45, 2.75) is 52.2 Å². The minimum atomic E-state index is -1.30. The molecule has 0 radical (unpaired) electrons. The molecule has 0 aromatic heterocycles. The van der Waals surface area contributed by atoms with Crippen LogP contribution in [0.15, 0.2) is 53.5 Å². The summed E-state index contributed by atoms with van der Waals surface area (Å²) in [4.78, 5) is 18.6. The van der Waals surface area contributed by atoms with Crippen molar-refractivity contribution in [3.63, 3.8) is 0 Å². The van der Waals surface area contributed by atoms with E-state index in [-0.39, 0.29) is 11.3 Å². The zero-order valence-corrected chi connectivity index (χ0v) is 19.4. The van der Waals surface area contributed by atoms with E-state index in [4.69, 9.17) is 23.9 Å². The molecule has 170 valence electrons. The van der Waals surface area contributed by atoms with Gasteiger partial charge in [-0.05, 0) is 50.3 Å². The summed E-state index contributed by atoms with van der Waals surface area (Å²) < 4.78 is 23.6. The Labute approximate surface area is 189 Å². The SMILES string of the molecule is CCOc1cc(OCC)cc(C2=N[C@](c3ccccc3)([C@@]3(C)CC(C)(C)CO3)C(=O)O2)c1. The van der Waals surface area contributed by atoms with Crippen molar-refractivity contribution in [2.24, 2.45) is 10.4 Å². The minimum Gasteiger partial charge on any atom is -0.494 e. The fourth-order valence-corrected chi connectivity index (χ4v) is 4.80. The van der Waals surface area contributed by atoms with Gasteiger partial charge < -0.3 is 18.9 Å². The van der Waals surface area contributed by atoms with E-state index in [0.29, 0.717) is 43.3 Å². The summed E-state index contributed by atoms with van der Waals surface area (Å²) in [6.45, 7) is 11.6. The molecule has 2 aromatic carbocycles. The topological polar surface area (TPSA) is 66.3 Å². The molecular formula is C26H31NO5. The summed E-state index contributed by atoms with van der Waals surface area (Å²) in [6.07, 6.45) is 0.671. The molecule has 1 fully saturated rings. The second-order valence-corrected chi connectivity index (χ2v) is 9.30. The van der Waals surface area contributed by atoms with Crippen molar-refractivity contribution in [3.8, 4) is 11.5 Å². The molecule has 2 heterocycles. The van der Waals surface area contributed by atoms with Crippen LogP contribution in [0.25, 0.3) is 0 Å². The number of carbonyl (C=O) groups excluding carboxylic acids is 1. The number of nitrogens with zero attached hydrogens (tertiary/aromatic N) is 1. The number of hydrogen-bond donors (Lipinski definition) is 0. The molecule has 2 aliphatic heterocycles. The van der Waals surface area contributed by atoms with Crippen LogP contribution in [0.4, 0.5) is 0 Å². The Morgan fingerprint density at radius 2 is 1.59 bits per heavy atom. The summed E-state index contributed by atoms with van der Waals surface area (Å²) in [5, 5.41) is 0. The Morgan fingerprint density at radius 3 is 2.12 bits per heavy atom. The van der Waals surface area contributed by atoms with Gasteiger partial charge in [0.2, 0.25) is 11.4 Å². The smallest absolute Gasteiger partial charge is 0.348 e. The lowest BCUT2D eigenvalue weighted by molar-refractivity contribution is -0.150. The van der Waals surface area contributed by atoms with Gasteiger partial charge in [-0.1, -0.05) is 44.2 Å². The van der Waals surface area contributed by atoms with Gasteiger partial charge in [-0.15, -0.1) is 0 Å². The molecule has 0 bridgehead atoms. The average molecular weight is 438 g/mol. The molecule has 2 aliphatic rings. The summed E-state index contributed by atoms with van der Waals surface area (Å²) in [5.41, 5.74) is -0.842. The lowest BCUT2D eigenvalue weighted by Crippen LogP contribution is -2.52. The summed E-state index contributed by atoms with van der Waals surface area (Å²) in [6, 6.07) is 15.0. The first-order valence-electron chi connectivity index (χ1n) is 11.2. The molecular weight excluding hydrogens is 406 g/mol. The van der Waals surface area contributed by atoms with Gasteiger partial charge >= 0.3 is 5.97 Å². The average Bonchev–Trinajstić information content (AvgIpc) is 3.26. The molecule has 6 heteroatoms. The molecule has 0 saturated carbocycles. The van der Waals surface area contributed by atoms with Crippen molar-refractivity contribution in [1.29, 1.82) is 0 Å². The van der Waals surface area contributed by atoms with Crippen molar-refractivity contribution in [1.82, 2.24) is 0 Å². The number of aliphatic imine (C=N–C) groups is 1. The fourth-order valence-electron chi connectivity index (χ4n) is 4.80. The molecule has 4 rings (SSSR count). The first-order valence-corrected chi connectivity index (χ1v) is 11.2. The highest BCUT2D eigenvalue weighted by atomic mass is 16.6. The van der Waals surface area contributed by atoms with Gasteiger partial charge in [-0.3, -0.25) is 0 Å². The van der Waals surface area contributed by atoms with E-state index in [2.05, 4.69) is 13.8 Å². The largest absolute Gasteiger partial charge is 0.494 e. The van der Waals surface area contributed by atoms with Crippen LogP contribution in [0.5, 0.6) is 11.5 Å². The van der Waals surface area contributed by atoms with E-state index < -0.39 is 17.1 Å². The van der Waals surface area contributed by atoms with Gasteiger partial charge in [0.15, 0.2) is 0 Å². The Kier molecular flexibility index (Phi) is 5.76. The number of cyclic esters (lactones) is 1. The maximum atomic E-state index is 13.6. The Hall–Kier alpha value is -2.86. The number of benzene rings is 2. The molecule has 2 atom stereocenters. The summed E-state index contributed by atoms with van der Waals surface area (Å²) in [5.74, 6) is 1.08. The van der Waals surface area contributed by atoms with Crippen LogP contribution in [0.2, 0.25) is 0 Å². The van der Waals surface area contributed by atoms with Crippen LogP contribution >= 0.6 is 0 Å². The zero-order chi connectivity index (χ0) is 23.0. The Bertz CT molecular complexity index is 1010. The van der Waals surface area contributed by atoms with E-state index in [9.17, 15) is 4.79 Å². The van der Waals surface area contributed by atoms with Crippen LogP contribution in [-0.4, -0.2) is 37.3 Å². The first kappa shape index (κ1) is 22.3. The van der Waals surface area contributed by atoms with E-state index in [1.807, 2.05) is 69.3 Å². The monoisotopic (exact) mass is 437 g/mol. The van der Waals surface area contributed by atoms with E-state index >= 15 is 0 Å². The fraction of sp³-hybridized carbons (Fsp3) is 0.462. The number of rotatable bonds is 7. The normalized spacial score (nSPS) is 26.5. The quantitative estimate of drug-likeness (QED) is 0.577. The highest BCUT2D eigenvalue weighted by molar-refractivity contribution is 6.09. The number of ether oxygens (including phenoxy) is 4. The van der Waals surface area contributed by atoms with Crippen molar-refractivity contribution in [3.05, 3.63) is 59.7 Å². The van der Waals surface area contributed by atoms with Crippen molar-refractivity contribution >= 4 is 11.9 Å². The zero-order valence-electron chi connectivity index (χ0n) is 19.4. The molecule has 0 N–H and O–H groups in total. The minimum absolute atomic E-state index is 0.0773. The maximum absolute atomic E-state index is 13.6. The lowest BCUT2D eigenvalue weighted by Gasteiger charge is -2.38. The lowest BCUT2D eigenvalue weighted by atomic mass is 9.70. The van der Waals surface area contributed by atoms with Crippen LogP contribution < -0.4 is 9.47 Å². The van der Waals surface area contributed by atoms with E-state index in [1.165, 1.54) is 0 Å². The maximum Gasteiger partial charge on any atom is 0.348 e. The van der Waals surface area contributed by atoms with Gasteiger partial charge in [0.25, 0.3) is 0 Å². The molecule has 1 saturated heterocycles. The molecule has 32 heavy (non-hydrogen) atoms. The molecule has 0 amide bonds. The first-order chi connectivity index (χ1) is 15.2. The standard InChI is InChI=1S/C26H31NO5/c1-6-29-20-13-18(14-21(15-20)30-7-2)22-27-26(23(28)32-22,19-11-9-8-10-12-19)25(5)16-24(3,4)17-31-25/h8-15H,6-7,16-17H2,1-5H3/t25-,26+/m1/s1. The van der Waals surface area contributed by atoms with E-state index in [1.54, 1.807) is 0 Å².